The van der Waals surface area contributed by atoms with Crippen molar-refractivity contribution in [3.63, 3.8) is 0 Å². The Bertz CT molecular complexity index is 646. The van der Waals surface area contributed by atoms with Crippen LogP contribution in [0.5, 0.6) is 0 Å². The number of hydrogen-bond donors (Lipinski definition) is 1. The van der Waals surface area contributed by atoms with E-state index in [9.17, 15) is 9.59 Å². The lowest BCUT2D eigenvalue weighted by atomic mass is 9.92. The molecule has 5 heteroatoms. The molecule has 0 bridgehead atoms. The summed E-state index contributed by atoms with van der Waals surface area (Å²) >= 11 is 0. The van der Waals surface area contributed by atoms with E-state index in [1.807, 2.05) is 28.0 Å². The Morgan fingerprint density at radius 2 is 1.80 bits per heavy atom. The minimum atomic E-state index is 0.142. The second kappa shape index (κ2) is 7.16. The Morgan fingerprint density at radius 1 is 1.08 bits per heavy atom. The summed E-state index contributed by atoms with van der Waals surface area (Å²) in [5, 5.41) is 3.47. The number of nitrogens with zero attached hydrogens (tertiary/aromatic N) is 2. The third-order valence-electron chi connectivity index (χ3n) is 6.11. The van der Waals surface area contributed by atoms with Crippen LogP contribution < -0.4 is 10.2 Å². The maximum Gasteiger partial charge on any atom is 0.227 e. The topological polar surface area (TPSA) is 52.7 Å². The third kappa shape index (κ3) is 3.43. The molecule has 0 spiro atoms. The molecule has 0 aromatic heterocycles. The van der Waals surface area contributed by atoms with Crippen molar-refractivity contribution in [3.05, 3.63) is 29.8 Å². The van der Waals surface area contributed by atoms with Crippen molar-refractivity contribution in [2.75, 3.05) is 37.6 Å². The zero-order chi connectivity index (χ0) is 17.2. The monoisotopic (exact) mass is 341 g/mol. The van der Waals surface area contributed by atoms with Gasteiger partial charge in [0.05, 0.1) is 0 Å². The molecule has 3 aliphatic heterocycles. The molecule has 0 unspecified atom stereocenters. The number of hydrogen-bond acceptors (Lipinski definition) is 3. The predicted molar refractivity (Wildman–Crippen MR) is 97.4 cm³/mol. The van der Waals surface area contributed by atoms with Crippen molar-refractivity contribution < 1.29 is 9.59 Å². The first-order valence-corrected chi connectivity index (χ1v) is 9.59. The van der Waals surface area contributed by atoms with Crippen molar-refractivity contribution in [1.82, 2.24) is 10.2 Å². The van der Waals surface area contributed by atoms with Crippen LogP contribution in [0.3, 0.4) is 0 Å². The minimum absolute atomic E-state index is 0.142. The number of benzene rings is 1. The van der Waals surface area contributed by atoms with Crippen LogP contribution in [0.1, 0.15) is 31.2 Å². The molecule has 0 saturated carbocycles. The fourth-order valence-electron chi connectivity index (χ4n) is 4.57. The Balaban J connectivity index is 1.36. The van der Waals surface area contributed by atoms with Gasteiger partial charge in [-0.15, -0.1) is 0 Å². The lowest BCUT2D eigenvalue weighted by Gasteiger charge is -2.30. The Kier molecular flexibility index (Phi) is 4.75. The van der Waals surface area contributed by atoms with Crippen LogP contribution in [-0.4, -0.2) is 49.4 Å². The van der Waals surface area contributed by atoms with Gasteiger partial charge in [-0.1, -0.05) is 18.2 Å². The summed E-state index contributed by atoms with van der Waals surface area (Å²) < 4.78 is 0. The van der Waals surface area contributed by atoms with Crippen molar-refractivity contribution in [2.45, 2.75) is 32.1 Å². The van der Waals surface area contributed by atoms with Gasteiger partial charge < -0.3 is 15.1 Å². The standard InChI is InChI=1S/C20H27N3O2/c24-19(22-10-7-16-13-21-14-17(16)8-11-22)9-12-23-18-4-2-1-3-15(18)5-6-20(23)25/h1-4,16-17,21H,5-14H2/t16-,17+. The molecule has 0 aliphatic carbocycles. The van der Waals surface area contributed by atoms with Gasteiger partial charge in [0.15, 0.2) is 0 Å². The van der Waals surface area contributed by atoms with Crippen molar-refractivity contribution in [3.8, 4) is 0 Å². The number of carbonyl (C=O) groups excluding carboxylic acids is 2. The molecule has 2 amide bonds. The van der Waals surface area contributed by atoms with E-state index in [-0.39, 0.29) is 11.8 Å². The molecular formula is C20H27N3O2. The van der Waals surface area contributed by atoms with Crippen LogP contribution in [0.4, 0.5) is 5.69 Å². The van der Waals surface area contributed by atoms with Gasteiger partial charge in [0.2, 0.25) is 11.8 Å². The van der Waals surface area contributed by atoms with Crippen molar-refractivity contribution >= 4 is 17.5 Å². The highest BCUT2D eigenvalue weighted by molar-refractivity contribution is 5.97. The van der Waals surface area contributed by atoms with Crippen LogP contribution in [0.15, 0.2) is 24.3 Å². The molecule has 3 heterocycles. The van der Waals surface area contributed by atoms with E-state index in [1.54, 1.807) is 0 Å². The first-order valence-electron chi connectivity index (χ1n) is 9.59. The van der Waals surface area contributed by atoms with Crippen LogP contribution in [0.25, 0.3) is 0 Å². The minimum Gasteiger partial charge on any atom is -0.343 e. The number of nitrogens with one attached hydrogen (secondary N) is 1. The molecule has 3 aliphatic rings. The number of para-hydroxylation sites is 1. The summed E-state index contributed by atoms with van der Waals surface area (Å²) in [4.78, 5) is 28.9. The Hall–Kier alpha value is -1.88. The Morgan fingerprint density at radius 3 is 2.56 bits per heavy atom. The van der Waals surface area contributed by atoms with Gasteiger partial charge >= 0.3 is 0 Å². The SMILES string of the molecule is O=C(CCN1C(=O)CCc2ccccc21)N1CC[C@@H]2CNC[C@@H]2CC1. The van der Waals surface area contributed by atoms with E-state index in [4.69, 9.17) is 0 Å². The molecule has 0 radical (unpaired) electrons. The van der Waals surface area contributed by atoms with Crippen LogP contribution in [-0.2, 0) is 16.0 Å². The molecule has 2 atom stereocenters. The molecule has 25 heavy (non-hydrogen) atoms. The van der Waals surface area contributed by atoms with Crippen molar-refractivity contribution in [1.29, 1.82) is 0 Å². The predicted octanol–water partition coefficient (Wildman–Crippen LogP) is 1.81. The summed E-state index contributed by atoms with van der Waals surface area (Å²) in [6.45, 7) is 4.44. The van der Waals surface area contributed by atoms with Crippen molar-refractivity contribution in [2.24, 2.45) is 11.8 Å². The second-order valence-electron chi connectivity index (χ2n) is 7.56. The summed E-state index contributed by atoms with van der Waals surface area (Å²) in [7, 11) is 0. The molecule has 134 valence electrons. The first kappa shape index (κ1) is 16.6. The number of likely N-dealkylation sites (tertiary alicyclic amines) is 1. The molecule has 1 aromatic rings. The number of carbonyl (C=O) groups is 2. The maximum atomic E-state index is 12.7. The third-order valence-corrected chi connectivity index (χ3v) is 6.11. The maximum absolute atomic E-state index is 12.7. The molecule has 2 saturated heterocycles. The lowest BCUT2D eigenvalue weighted by Crippen LogP contribution is -2.39. The van der Waals surface area contributed by atoms with Gasteiger partial charge in [0.25, 0.3) is 0 Å². The average molecular weight is 341 g/mol. The highest BCUT2D eigenvalue weighted by Gasteiger charge is 2.32. The van der Waals surface area contributed by atoms with Gasteiger partial charge in [-0.25, -0.2) is 0 Å². The normalized spacial score (nSPS) is 26.2. The average Bonchev–Trinajstić information content (AvgIpc) is 2.99. The van der Waals surface area contributed by atoms with E-state index >= 15 is 0 Å². The van der Waals surface area contributed by atoms with Gasteiger partial charge in [-0.05, 0) is 55.8 Å². The molecule has 4 rings (SSSR count). The fraction of sp³-hybridized carbons (Fsp3) is 0.600. The summed E-state index contributed by atoms with van der Waals surface area (Å²) in [5.74, 6) is 1.80. The molecular weight excluding hydrogens is 314 g/mol. The molecule has 5 nitrogen and oxygen atoms in total. The molecule has 1 aromatic carbocycles. The van der Waals surface area contributed by atoms with E-state index in [2.05, 4.69) is 11.4 Å². The van der Waals surface area contributed by atoms with Crippen LogP contribution >= 0.6 is 0 Å². The van der Waals surface area contributed by atoms with Crippen LogP contribution in [0.2, 0.25) is 0 Å². The smallest absolute Gasteiger partial charge is 0.227 e. The summed E-state index contributed by atoms with van der Waals surface area (Å²) in [5.41, 5.74) is 2.20. The Labute approximate surface area is 149 Å². The number of aryl methyl sites for hydroxylation is 1. The largest absolute Gasteiger partial charge is 0.343 e. The zero-order valence-corrected chi connectivity index (χ0v) is 14.7. The molecule has 2 fully saturated rings. The van der Waals surface area contributed by atoms with Crippen LogP contribution in [0, 0.1) is 11.8 Å². The summed E-state index contributed by atoms with van der Waals surface area (Å²) in [6, 6.07) is 8.06. The highest BCUT2D eigenvalue weighted by atomic mass is 16.2. The highest BCUT2D eigenvalue weighted by Crippen LogP contribution is 2.29. The number of anilines is 1. The van der Waals surface area contributed by atoms with E-state index in [0.717, 1.165) is 63.0 Å². The van der Waals surface area contributed by atoms with Gasteiger partial charge in [-0.2, -0.15) is 0 Å². The first-order chi connectivity index (χ1) is 12.2. The number of fused-ring (bicyclic) bond motifs is 2. The lowest BCUT2D eigenvalue weighted by molar-refractivity contribution is -0.131. The van der Waals surface area contributed by atoms with E-state index in [1.165, 1.54) is 5.56 Å². The van der Waals surface area contributed by atoms with Gasteiger partial charge in [0, 0.05) is 38.2 Å². The number of amides is 2. The second-order valence-corrected chi connectivity index (χ2v) is 7.56. The molecule has 1 N–H and O–H groups in total. The zero-order valence-electron chi connectivity index (χ0n) is 14.7. The quantitative estimate of drug-likeness (QED) is 0.912. The van der Waals surface area contributed by atoms with Gasteiger partial charge in [-0.3, -0.25) is 9.59 Å². The summed E-state index contributed by atoms with van der Waals surface area (Å²) in [6.07, 6.45) is 3.99. The van der Waals surface area contributed by atoms with E-state index < -0.39 is 0 Å². The van der Waals surface area contributed by atoms with Gasteiger partial charge in [0.1, 0.15) is 0 Å². The number of rotatable bonds is 3. The fourth-order valence-corrected chi connectivity index (χ4v) is 4.57. The van der Waals surface area contributed by atoms with E-state index in [0.29, 0.717) is 19.4 Å².